The summed E-state index contributed by atoms with van der Waals surface area (Å²) in [5.41, 5.74) is 0.542. The van der Waals surface area contributed by atoms with Gasteiger partial charge in [-0.1, -0.05) is 25.5 Å². The van der Waals surface area contributed by atoms with Crippen molar-refractivity contribution in [1.82, 2.24) is 15.5 Å². The van der Waals surface area contributed by atoms with E-state index in [0.29, 0.717) is 6.54 Å². The predicted molar refractivity (Wildman–Crippen MR) is 78.3 cm³/mol. The second-order valence-corrected chi connectivity index (χ2v) is 4.90. The Labute approximate surface area is 127 Å². The molecule has 0 fully saturated rings. The summed E-state index contributed by atoms with van der Waals surface area (Å²) in [5, 5.41) is 4.62. The zero-order valence-electron chi connectivity index (χ0n) is 12.2. The van der Waals surface area contributed by atoms with Crippen molar-refractivity contribution >= 4 is 23.8 Å². The maximum absolute atomic E-state index is 12.1. The van der Waals surface area contributed by atoms with Crippen molar-refractivity contribution in [3.05, 3.63) is 35.4 Å². The minimum absolute atomic E-state index is 0.271. The number of hydrogen-bond acceptors (Lipinski definition) is 4. The van der Waals surface area contributed by atoms with Gasteiger partial charge in [0.1, 0.15) is 6.54 Å². The molecule has 0 saturated carbocycles. The predicted octanol–water partition coefficient (Wildman–Crippen LogP) is 0.908. The van der Waals surface area contributed by atoms with Gasteiger partial charge in [0, 0.05) is 6.54 Å². The molecule has 7 nitrogen and oxygen atoms in total. The Morgan fingerprint density at radius 1 is 1.09 bits per heavy atom. The summed E-state index contributed by atoms with van der Waals surface area (Å²) in [7, 11) is 0. The molecule has 7 heteroatoms. The van der Waals surface area contributed by atoms with Crippen molar-refractivity contribution in [2.75, 3.05) is 13.1 Å². The largest absolute Gasteiger partial charge is 0.338 e. The molecular weight excluding hydrogens is 286 g/mol. The van der Waals surface area contributed by atoms with Crippen LogP contribution in [0.4, 0.5) is 4.79 Å². The lowest BCUT2D eigenvalue weighted by Gasteiger charge is -2.13. The Bertz CT molecular complexity index is 592. The van der Waals surface area contributed by atoms with E-state index in [-0.39, 0.29) is 11.1 Å². The van der Waals surface area contributed by atoms with Crippen LogP contribution in [0.5, 0.6) is 0 Å². The highest BCUT2D eigenvalue weighted by atomic mass is 16.2. The summed E-state index contributed by atoms with van der Waals surface area (Å²) in [6.45, 7) is 1.96. The fourth-order valence-corrected chi connectivity index (χ4v) is 2.12. The second kappa shape index (κ2) is 6.84. The van der Waals surface area contributed by atoms with Crippen LogP contribution >= 0.6 is 0 Å². The Balaban J connectivity index is 1.92. The Kier molecular flexibility index (Phi) is 4.88. The number of rotatable bonds is 5. The number of carbonyl (C=O) groups excluding carboxylic acids is 4. The van der Waals surface area contributed by atoms with Crippen LogP contribution in [0.3, 0.4) is 0 Å². The SMILES string of the molecule is CCCCNC(=O)NC(=O)CN1C(=O)c2ccccc2C1=O. The van der Waals surface area contributed by atoms with Crippen molar-refractivity contribution < 1.29 is 19.2 Å². The first-order valence-corrected chi connectivity index (χ1v) is 7.07. The molecule has 1 aromatic rings. The highest BCUT2D eigenvalue weighted by molar-refractivity contribution is 6.22. The number of urea groups is 1. The molecule has 1 aromatic carbocycles. The molecule has 0 radical (unpaired) electrons. The number of unbranched alkanes of at least 4 members (excludes halogenated alkanes) is 1. The van der Waals surface area contributed by atoms with Gasteiger partial charge in [0.25, 0.3) is 11.8 Å². The third-order valence-electron chi connectivity index (χ3n) is 3.25. The highest BCUT2D eigenvalue weighted by Crippen LogP contribution is 2.21. The van der Waals surface area contributed by atoms with Crippen LogP contribution in [0.25, 0.3) is 0 Å². The van der Waals surface area contributed by atoms with Gasteiger partial charge in [0.15, 0.2) is 0 Å². The monoisotopic (exact) mass is 303 g/mol. The molecule has 0 saturated heterocycles. The number of hydrogen-bond donors (Lipinski definition) is 2. The molecule has 116 valence electrons. The van der Waals surface area contributed by atoms with E-state index < -0.39 is 30.3 Å². The molecule has 0 bridgehead atoms. The van der Waals surface area contributed by atoms with Gasteiger partial charge in [-0.15, -0.1) is 0 Å². The van der Waals surface area contributed by atoms with Gasteiger partial charge in [-0.25, -0.2) is 4.79 Å². The van der Waals surface area contributed by atoms with Crippen molar-refractivity contribution in [3.8, 4) is 0 Å². The molecule has 0 aliphatic carbocycles. The summed E-state index contributed by atoms with van der Waals surface area (Å²) < 4.78 is 0. The lowest BCUT2D eigenvalue weighted by molar-refractivity contribution is -0.120. The van der Waals surface area contributed by atoms with Crippen LogP contribution in [0.1, 0.15) is 40.5 Å². The van der Waals surface area contributed by atoms with Gasteiger partial charge in [-0.05, 0) is 18.6 Å². The molecule has 1 aliphatic heterocycles. The van der Waals surface area contributed by atoms with Crippen LogP contribution in [0.2, 0.25) is 0 Å². The zero-order chi connectivity index (χ0) is 16.1. The zero-order valence-corrected chi connectivity index (χ0v) is 12.2. The average Bonchev–Trinajstić information content (AvgIpc) is 2.73. The lowest BCUT2D eigenvalue weighted by atomic mass is 10.1. The molecule has 2 N–H and O–H groups in total. The molecule has 22 heavy (non-hydrogen) atoms. The van der Waals surface area contributed by atoms with Crippen LogP contribution in [0.15, 0.2) is 24.3 Å². The first kappa shape index (κ1) is 15.7. The van der Waals surface area contributed by atoms with Crippen molar-refractivity contribution in [2.45, 2.75) is 19.8 Å². The number of fused-ring (bicyclic) bond motifs is 1. The Morgan fingerprint density at radius 2 is 1.68 bits per heavy atom. The number of nitrogens with zero attached hydrogens (tertiary/aromatic N) is 1. The molecule has 1 aliphatic rings. The van der Waals surface area contributed by atoms with Crippen LogP contribution in [-0.2, 0) is 4.79 Å². The summed E-state index contributed by atoms with van der Waals surface area (Å²) in [6, 6.07) is 5.73. The number of benzene rings is 1. The fourth-order valence-electron chi connectivity index (χ4n) is 2.12. The molecule has 5 amide bonds. The van der Waals surface area contributed by atoms with Gasteiger partial charge in [-0.3, -0.25) is 24.6 Å². The standard InChI is InChI=1S/C15H17N3O4/c1-2-3-8-16-15(22)17-12(19)9-18-13(20)10-6-4-5-7-11(10)14(18)21/h4-7H,2-3,8-9H2,1H3,(H2,16,17,19,22). The van der Waals surface area contributed by atoms with Crippen molar-refractivity contribution in [3.63, 3.8) is 0 Å². The van der Waals surface area contributed by atoms with Gasteiger partial charge < -0.3 is 5.32 Å². The average molecular weight is 303 g/mol. The molecule has 0 aromatic heterocycles. The number of imide groups is 2. The van der Waals surface area contributed by atoms with Crippen LogP contribution < -0.4 is 10.6 Å². The third kappa shape index (κ3) is 3.30. The maximum atomic E-state index is 12.1. The second-order valence-electron chi connectivity index (χ2n) is 4.90. The molecule has 2 rings (SSSR count). The molecule has 0 atom stereocenters. The van der Waals surface area contributed by atoms with Gasteiger partial charge in [-0.2, -0.15) is 0 Å². The van der Waals surface area contributed by atoms with Crippen molar-refractivity contribution in [1.29, 1.82) is 0 Å². The van der Waals surface area contributed by atoms with Gasteiger partial charge in [0.05, 0.1) is 11.1 Å². The third-order valence-corrected chi connectivity index (χ3v) is 3.25. The van der Waals surface area contributed by atoms with E-state index in [1.807, 2.05) is 6.92 Å². The first-order chi connectivity index (χ1) is 10.5. The van der Waals surface area contributed by atoms with E-state index in [0.717, 1.165) is 17.7 Å². The van der Waals surface area contributed by atoms with E-state index in [1.165, 1.54) is 12.1 Å². The minimum atomic E-state index is -0.705. The maximum Gasteiger partial charge on any atom is 0.321 e. The summed E-state index contributed by atoms with van der Waals surface area (Å²) in [6.07, 6.45) is 1.73. The van der Waals surface area contributed by atoms with E-state index in [2.05, 4.69) is 10.6 Å². The molecule has 0 unspecified atom stereocenters. The Hall–Kier alpha value is -2.70. The fraction of sp³-hybridized carbons (Fsp3) is 0.333. The summed E-state index contributed by atoms with van der Waals surface area (Å²) in [5.74, 6) is -1.76. The molecule has 0 spiro atoms. The minimum Gasteiger partial charge on any atom is -0.338 e. The Morgan fingerprint density at radius 3 is 2.23 bits per heavy atom. The molecule has 1 heterocycles. The first-order valence-electron chi connectivity index (χ1n) is 7.07. The van der Waals surface area contributed by atoms with E-state index in [9.17, 15) is 19.2 Å². The normalized spacial score (nSPS) is 13.0. The van der Waals surface area contributed by atoms with Crippen LogP contribution in [0, 0.1) is 0 Å². The smallest absolute Gasteiger partial charge is 0.321 e. The van der Waals surface area contributed by atoms with E-state index in [4.69, 9.17) is 0 Å². The van der Waals surface area contributed by atoms with E-state index in [1.54, 1.807) is 12.1 Å². The van der Waals surface area contributed by atoms with E-state index >= 15 is 0 Å². The highest BCUT2D eigenvalue weighted by Gasteiger charge is 2.36. The number of nitrogens with one attached hydrogen (secondary N) is 2. The summed E-state index contributed by atoms with van der Waals surface area (Å²) >= 11 is 0. The number of carbonyl (C=O) groups is 4. The quantitative estimate of drug-likeness (QED) is 0.624. The van der Waals surface area contributed by atoms with Crippen molar-refractivity contribution in [2.24, 2.45) is 0 Å². The number of amides is 5. The van der Waals surface area contributed by atoms with Gasteiger partial charge in [0.2, 0.25) is 5.91 Å². The topological polar surface area (TPSA) is 95.6 Å². The molecular formula is C15H17N3O4. The van der Waals surface area contributed by atoms with Crippen LogP contribution in [-0.4, -0.2) is 41.7 Å². The summed E-state index contributed by atoms with van der Waals surface area (Å²) in [4.78, 5) is 48.2. The lowest BCUT2D eigenvalue weighted by Crippen LogP contribution is -2.46. The van der Waals surface area contributed by atoms with Gasteiger partial charge >= 0.3 is 6.03 Å².